The van der Waals surface area contributed by atoms with Crippen molar-refractivity contribution in [2.45, 2.75) is 44.7 Å². The first-order valence-electron chi connectivity index (χ1n) is 6.68. The van der Waals surface area contributed by atoms with Crippen LogP contribution >= 0.6 is 0 Å². The van der Waals surface area contributed by atoms with Gasteiger partial charge in [-0.05, 0) is 0 Å². The van der Waals surface area contributed by atoms with E-state index in [2.05, 4.69) is 18.0 Å². The maximum absolute atomic E-state index is 4.11. The summed E-state index contributed by atoms with van der Waals surface area (Å²) in [5.74, 6) is 0. The van der Waals surface area contributed by atoms with Crippen LogP contribution in [-0.2, 0) is 7.72 Å². The van der Waals surface area contributed by atoms with E-state index in [0.29, 0.717) is 0 Å². The van der Waals surface area contributed by atoms with Gasteiger partial charge in [0.1, 0.15) is 0 Å². The van der Waals surface area contributed by atoms with Crippen LogP contribution in [0.4, 0.5) is 0 Å². The number of rotatable bonds is 3. The van der Waals surface area contributed by atoms with Crippen molar-refractivity contribution in [1.29, 1.82) is 0 Å². The molecule has 2 heteroatoms. The Bertz CT molecular complexity index is 831. The fourth-order valence-electron chi connectivity index (χ4n) is 16.9. The number of hydrogen-bond acceptors (Lipinski definition) is 1. The molecule has 0 aromatic carbocycles. The molecule has 10 aliphatic rings. The van der Waals surface area contributed by atoms with Crippen molar-refractivity contribution in [2.75, 3.05) is 6.54 Å². The summed E-state index contributed by atoms with van der Waals surface area (Å²) in [6, 6.07) is 0. The first-order valence-corrected chi connectivity index (χ1v) is 16.6. The van der Waals surface area contributed by atoms with Gasteiger partial charge in [0.2, 0.25) is 0 Å². The molecule has 0 aromatic rings. The Labute approximate surface area is 77.0 Å². The summed E-state index contributed by atoms with van der Waals surface area (Å²) in [7, 11) is -2.99. The van der Waals surface area contributed by atoms with E-state index in [0.717, 1.165) is 10.7 Å². The monoisotopic (exact) mass is 287 g/mol. The zero-order valence-corrected chi connectivity index (χ0v) is 10.3. The predicted octanol–water partition coefficient (Wildman–Crippen LogP) is 3.06. The van der Waals surface area contributed by atoms with Crippen molar-refractivity contribution < 1.29 is 7.72 Å². The molecule has 0 aromatic heterocycles. The second kappa shape index (κ2) is 0.384. The van der Waals surface area contributed by atoms with E-state index in [1.165, 1.54) is 40.6 Å². The zero-order chi connectivity index (χ0) is 9.13. The fourth-order valence-corrected chi connectivity index (χ4v) is 149. The van der Waals surface area contributed by atoms with Crippen molar-refractivity contribution in [3.63, 3.8) is 0 Å². The van der Waals surface area contributed by atoms with Crippen molar-refractivity contribution in [1.82, 2.24) is 5.32 Å². The maximum atomic E-state index is 4.11. The van der Waals surface area contributed by atoms with Crippen molar-refractivity contribution in [3.05, 3.63) is 12.7 Å². The van der Waals surface area contributed by atoms with Gasteiger partial charge in [-0.2, -0.15) is 0 Å². The first-order chi connectivity index (χ1) is 7.11. The summed E-state index contributed by atoms with van der Waals surface area (Å²) in [5, 5.41) is 4.11. The summed E-state index contributed by atoms with van der Waals surface area (Å²) < 4.78 is 14.2. The zero-order valence-electron chi connectivity index (χ0n) is 8.54. The van der Waals surface area contributed by atoms with E-state index in [1.807, 2.05) is 0 Å². The van der Waals surface area contributed by atoms with Crippen molar-refractivity contribution in [2.24, 2.45) is 0 Å². The van der Waals surface area contributed by atoms with Crippen LogP contribution in [0.2, 0.25) is 40.6 Å². The second-order valence-corrected chi connectivity index (χ2v) is 47.4. The molecule has 10 rings (SSSR count). The molecule has 1 spiro atoms. The molecular formula is C13H15NRu. The molecule has 10 fully saturated rings. The molecule has 1 N–H and O–H groups in total. The molecule has 0 aliphatic carbocycles. The van der Waals surface area contributed by atoms with E-state index < -0.39 is 7.72 Å². The van der Waals surface area contributed by atoms with E-state index in [4.69, 9.17) is 0 Å². The van der Waals surface area contributed by atoms with E-state index in [1.54, 1.807) is 0 Å². The Kier molecular flexibility index (Phi) is 0.136. The van der Waals surface area contributed by atoms with Gasteiger partial charge in [-0.1, -0.05) is 0 Å². The van der Waals surface area contributed by atoms with Gasteiger partial charge in [0, 0.05) is 0 Å². The minimum absolute atomic E-state index is 0.942. The second-order valence-electron chi connectivity index (χ2n) is 10.3. The van der Waals surface area contributed by atoms with Gasteiger partial charge in [-0.3, -0.25) is 0 Å². The quantitative estimate of drug-likeness (QED) is 0.621. The van der Waals surface area contributed by atoms with Gasteiger partial charge >= 0.3 is 77.0 Å². The Hall–Kier alpha value is 0.323. The van der Waals surface area contributed by atoms with Crippen LogP contribution in [0.5, 0.6) is 0 Å². The molecular weight excluding hydrogens is 271 g/mol. The Morgan fingerprint density at radius 3 is 1.80 bits per heavy atom. The predicted molar refractivity (Wildman–Crippen MR) is 54.7 cm³/mol. The van der Waals surface area contributed by atoms with Crippen LogP contribution in [0.1, 0.15) is 0 Å². The molecule has 80 valence electrons. The van der Waals surface area contributed by atoms with Gasteiger partial charge in [0.15, 0.2) is 0 Å². The van der Waals surface area contributed by atoms with Gasteiger partial charge < -0.3 is 0 Å². The Morgan fingerprint density at radius 2 is 1.53 bits per heavy atom. The third-order valence-corrected chi connectivity index (χ3v) is 81.7. The summed E-state index contributed by atoms with van der Waals surface area (Å²) in [4.78, 5) is 0. The number of fused-ring (bicyclic) bond motifs is 10. The van der Waals surface area contributed by atoms with E-state index in [-0.39, 0.29) is 0 Å². The molecule has 10 saturated heterocycles. The minimum atomic E-state index is -2.99. The summed E-state index contributed by atoms with van der Waals surface area (Å²) in [5.41, 5.74) is 0. The summed E-state index contributed by atoms with van der Waals surface area (Å²) >= 11 is 0. The van der Waals surface area contributed by atoms with Crippen LogP contribution in [0.3, 0.4) is 0 Å². The van der Waals surface area contributed by atoms with E-state index >= 15 is 0 Å². The van der Waals surface area contributed by atoms with Gasteiger partial charge in [0.25, 0.3) is 0 Å². The molecule has 0 bridgehead atoms. The third kappa shape index (κ3) is 0.0456. The fraction of sp³-hybridized carbons (Fsp3) is 0.846. The molecule has 0 saturated carbocycles. The van der Waals surface area contributed by atoms with Crippen molar-refractivity contribution >= 4 is 0 Å². The van der Waals surface area contributed by atoms with Gasteiger partial charge in [-0.25, -0.2) is 0 Å². The molecule has 4 unspecified atom stereocenters. The molecule has 10 heterocycles. The van der Waals surface area contributed by atoms with Crippen LogP contribution in [-0.4, -0.2) is 10.7 Å². The van der Waals surface area contributed by atoms with Crippen LogP contribution in [0.25, 0.3) is 0 Å². The summed E-state index contributed by atoms with van der Waals surface area (Å²) in [6.07, 6.45) is 2.12. The average Bonchev–Trinajstić information content (AvgIpc) is 3.18. The topological polar surface area (TPSA) is 12.0 Å². The van der Waals surface area contributed by atoms with E-state index in [9.17, 15) is 0 Å². The molecule has 0 radical (unpaired) electrons. The van der Waals surface area contributed by atoms with Gasteiger partial charge in [-0.15, -0.1) is 0 Å². The van der Waals surface area contributed by atoms with Crippen LogP contribution < -0.4 is 5.32 Å². The van der Waals surface area contributed by atoms with Crippen LogP contribution in [0, 0.1) is 0 Å². The van der Waals surface area contributed by atoms with Crippen LogP contribution in [0.15, 0.2) is 12.7 Å². The molecule has 0 amide bonds. The number of hydrogen-bond donors (Lipinski definition) is 1. The van der Waals surface area contributed by atoms with Gasteiger partial charge in [0.05, 0.1) is 0 Å². The average molecular weight is 286 g/mol. The molecule has 1 nitrogen and oxygen atoms in total. The number of nitrogens with one attached hydrogen (secondary N) is 1. The standard InChI is InChI=1S/C8H10N.C5H5.Ru/c1-2-7-9-8-5-3-4-6-8;1-2-4-5-3-1;/h2-6,9H,1,7H2;1-5H;. The molecule has 10 aliphatic heterocycles. The Morgan fingerprint density at radius 1 is 1.00 bits per heavy atom. The van der Waals surface area contributed by atoms with Crippen molar-refractivity contribution in [3.8, 4) is 0 Å². The SMILES string of the molecule is C=CCN[C]12[CH]3[CH]4[CH]5[CH]1[Ru]45321678[CH]2[CH]1[CH]6[CH]7[CH]28. The Balaban J connectivity index is 1.67. The third-order valence-electron chi connectivity index (χ3n) is 15.2. The molecule has 15 heavy (non-hydrogen) atoms. The molecule has 4 atom stereocenters. The first kappa shape index (κ1) is 5.31. The summed E-state index contributed by atoms with van der Waals surface area (Å²) in [6.45, 7) is 5.06. The normalized spacial score (nSPS) is 133.